The second-order valence-corrected chi connectivity index (χ2v) is 12.5. The lowest BCUT2D eigenvalue weighted by Gasteiger charge is -2.46. The first kappa shape index (κ1) is 31.7. The minimum atomic E-state index is -1.72. The lowest BCUT2D eigenvalue weighted by Crippen LogP contribution is -2.56. The van der Waals surface area contributed by atoms with Gasteiger partial charge in [0.15, 0.2) is 29.9 Å². The van der Waals surface area contributed by atoms with E-state index < -0.39 is 89.6 Å². The summed E-state index contributed by atoms with van der Waals surface area (Å²) in [5, 5.41) is 44.1. The minimum Gasteiger partial charge on any atom is -0.507 e. The Bertz CT molecular complexity index is 1540. The van der Waals surface area contributed by atoms with Crippen LogP contribution in [0.25, 0.3) is 0 Å². The highest BCUT2D eigenvalue weighted by molar-refractivity contribution is 6.30. The maximum Gasteiger partial charge on any atom is 0.198 e. The molecule has 2 aromatic carbocycles. The summed E-state index contributed by atoms with van der Waals surface area (Å²) in [5.41, 5.74) is 9.93. The highest BCUT2D eigenvalue weighted by atomic mass is 16.7. The summed E-state index contributed by atoms with van der Waals surface area (Å²) in [6.45, 7) is 4.55. The van der Waals surface area contributed by atoms with E-state index in [4.69, 9.17) is 30.4 Å². The normalized spacial score (nSPS) is 36.2. The van der Waals surface area contributed by atoms with Crippen LogP contribution in [0.1, 0.15) is 89.1 Å². The third-order valence-corrected chi connectivity index (χ3v) is 9.58. The predicted octanol–water partition coefficient (Wildman–Crippen LogP) is 0.868. The number of carbonyl (C=O) groups excluding carboxylic acids is 3. The van der Waals surface area contributed by atoms with E-state index >= 15 is 0 Å². The number of ketones is 3. The highest BCUT2D eigenvalue weighted by Crippen LogP contribution is 2.53. The third-order valence-electron chi connectivity index (χ3n) is 9.58. The van der Waals surface area contributed by atoms with E-state index in [2.05, 4.69) is 0 Å². The van der Waals surface area contributed by atoms with Crippen molar-refractivity contribution in [1.82, 2.24) is 0 Å². The molecule has 8 N–H and O–H groups in total. The van der Waals surface area contributed by atoms with Crippen molar-refractivity contribution in [2.45, 2.75) is 107 Å². The number of benzene rings is 2. The van der Waals surface area contributed by atoms with Gasteiger partial charge in [-0.1, -0.05) is 24.3 Å². The fraction of sp³-hybridized carbons (Fsp3) is 0.531. The number of rotatable bonds is 5. The number of carbonyl (C=O) groups is 3. The van der Waals surface area contributed by atoms with Crippen LogP contribution in [0.3, 0.4) is 0 Å². The first-order chi connectivity index (χ1) is 21.2. The zero-order valence-corrected chi connectivity index (χ0v) is 25.1. The average Bonchev–Trinajstić information content (AvgIpc) is 2.98. The van der Waals surface area contributed by atoms with Gasteiger partial charge in [0.2, 0.25) is 0 Å². The fourth-order valence-corrected chi connectivity index (χ4v) is 6.99. The second-order valence-electron chi connectivity index (χ2n) is 12.5. The molecule has 8 unspecified atom stereocenters. The molecule has 0 amide bonds. The second kappa shape index (κ2) is 11.5. The number of ether oxygens (including phenoxy) is 4. The third kappa shape index (κ3) is 5.17. The Morgan fingerprint density at radius 1 is 0.889 bits per heavy atom. The van der Waals surface area contributed by atoms with Crippen LogP contribution in [0.5, 0.6) is 11.5 Å². The van der Waals surface area contributed by atoms with Crippen molar-refractivity contribution in [3.63, 3.8) is 0 Å². The Kier molecular flexibility index (Phi) is 8.11. The van der Waals surface area contributed by atoms with E-state index in [9.17, 15) is 34.8 Å². The number of aliphatic hydroxyl groups is 2. The Balaban J connectivity index is 1.48. The highest BCUT2D eigenvalue weighted by Gasteiger charge is 2.52. The average molecular weight is 627 g/mol. The summed E-state index contributed by atoms with van der Waals surface area (Å²) in [6, 6.07) is 4.69. The molecule has 242 valence electrons. The van der Waals surface area contributed by atoms with Crippen molar-refractivity contribution >= 4 is 17.3 Å². The SMILES string of the molecule is CC(=O)[C@@]1(OC2CC(N)C(O)C(C)O2)Cc2c(O)c3c(c(O)c2[C@H](OC2CC(N)C(O)C(C)O2)C1)C(=O)c1ccccc1C3=O. The monoisotopic (exact) mass is 626 g/mol. The van der Waals surface area contributed by atoms with Crippen LogP contribution in [0.4, 0.5) is 0 Å². The topological polar surface area (TPSA) is 221 Å². The molecule has 45 heavy (non-hydrogen) atoms. The number of aromatic hydroxyl groups is 2. The molecule has 2 aromatic rings. The summed E-state index contributed by atoms with van der Waals surface area (Å²) in [4.78, 5) is 40.8. The quantitative estimate of drug-likeness (QED) is 0.217. The molecule has 13 nitrogen and oxygen atoms in total. The smallest absolute Gasteiger partial charge is 0.198 e. The van der Waals surface area contributed by atoms with Crippen LogP contribution in [0, 0.1) is 0 Å². The zero-order chi connectivity index (χ0) is 32.5. The molecule has 2 saturated heterocycles. The molecule has 2 aliphatic heterocycles. The first-order valence-electron chi connectivity index (χ1n) is 15.1. The van der Waals surface area contributed by atoms with Gasteiger partial charge in [0.25, 0.3) is 0 Å². The molecule has 13 heteroatoms. The van der Waals surface area contributed by atoms with Gasteiger partial charge >= 0.3 is 0 Å². The number of fused-ring (bicyclic) bond motifs is 3. The Morgan fingerprint density at radius 3 is 1.93 bits per heavy atom. The number of hydrogen-bond donors (Lipinski definition) is 6. The van der Waals surface area contributed by atoms with Gasteiger partial charge in [0.1, 0.15) is 17.1 Å². The van der Waals surface area contributed by atoms with Crippen LogP contribution in [-0.2, 0) is 30.2 Å². The number of phenols is 2. The Labute approximate surface area is 259 Å². The molecule has 10 atom stereocenters. The van der Waals surface area contributed by atoms with Crippen LogP contribution < -0.4 is 11.5 Å². The molecule has 2 heterocycles. The molecular weight excluding hydrogens is 588 g/mol. The van der Waals surface area contributed by atoms with E-state index in [-0.39, 0.29) is 59.1 Å². The van der Waals surface area contributed by atoms with Crippen molar-refractivity contribution in [2.75, 3.05) is 0 Å². The van der Waals surface area contributed by atoms with Crippen LogP contribution >= 0.6 is 0 Å². The van der Waals surface area contributed by atoms with E-state index in [0.29, 0.717) is 0 Å². The Morgan fingerprint density at radius 2 is 1.40 bits per heavy atom. The van der Waals surface area contributed by atoms with Crippen molar-refractivity contribution in [1.29, 1.82) is 0 Å². The van der Waals surface area contributed by atoms with Gasteiger partial charge < -0.3 is 50.8 Å². The number of nitrogens with two attached hydrogens (primary N) is 2. The fourth-order valence-electron chi connectivity index (χ4n) is 6.99. The van der Waals surface area contributed by atoms with Crippen molar-refractivity contribution < 1.29 is 53.8 Å². The largest absolute Gasteiger partial charge is 0.507 e. The maximum absolute atomic E-state index is 13.7. The summed E-state index contributed by atoms with van der Waals surface area (Å²) in [6.07, 6.45) is -6.97. The van der Waals surface area contributed by atoms with E-state index in [1.807, 2.05) is 0 Å². The predicted molar refractivity (Wildman–Crippen MR) is 156 cm³/mol. The van der Waals surface area contributed by atoms with Crippen LogP contribution in [0.15, 0.2) is 24.3 Å². The van der Waals surface area contributed by atoms with Crippen LogP contribution in [0.2, 0.25) is 0 Å². The molecule has 0 aromatic heterocycles. The number of Topliss-reactive ketones (excluding diaryl/α,β-unsaturated/α-hetero) is 1. The van der Waals surface area contributed by atoms with Crippen LogP contribution in [-0.4, -0.2) is 92.5 Å². The van der Waals surface area contributed by atoms with E-state index in [1.165, 1.54) is 19.1 Å². The number of aliphatic hydroxyl groups excluding tert-OH is 2. The standard InChI is InChI=1S/C32H38N2O11/c1-12-26(36)18(33)8-21(42-12)44-20-11-32(14(3)35,45-22-9-19(34)27(37)13(2)43-22)10-17-23(20)31(41)25-24(30(17)40)28(38)15-6-4-5-7-16(15)29(25)39/h4-7,12-13,18-22,26-27,36-37,40-41H,8-11,33-34H2,1-3H3/t12?,13?,18?,19?,20-,21?,22?,26?,27?,32-/m1/s1. The zero-order valence-electron chi connectivity index (χ0n) is 25.1. The summed E-state index contributed by atoms with van der Waals surface area (Å²) in [5.74, 6) is -2.93. The van der Waals surface area contributed by atoms with Crippen molar-refractivity contribution in [2.24, 2.45) is 11.5 Å². The van der Waals surface area contributed by atoms with E-state index in [1.54, 1.807) is 26.0 Å². The number of phenolic OH excluding ortho intramolecular Hbond substituents is 2. The first-order valence-corrected chi connectivity index (χ1v) is 15.1. The van der Waals surface area contributed by atoms with Gasteiger partial charge in [-0.15, -0.1) is 0 Å². The summed E-state index contributed by atoms with van der Waals surface area (Å²) in [7, 11) is 0. The lowest BCUT2D eigenvalue weighted by molar-refractivity contribution is -0.277. The molecule has 2 aliphatic carbocycles. The molecule has 6 rings (SSSR count). The van der Waals surface area contributed by atoms with Gasteiger partial charge in [-0.2, -0.15) is 0 Å². The molecule has 0 radical (unpaired) electrons. The van der Waals surface area contributed by atoms with Gasteiger partial charge in [-0.3, -0.25) is 14.4 Å². The van der Waals surface area contributed by atoms with E-state index in [0.717, 1.165) is 0 Å². The molecule has 2 fully saturated rings. The lowest BCUT2D eigenvalue weighted by atomic mass is 9.72. The maximum atomic E-state index is 13.7. The number of hydrogen-bond acceptors (Lipinski definition) is 13. The Hall–Kier alpha value is -3.27. The van der Waals surface area contributed by atoms with Gasteiger partial charge in [-0.25, -0.2) is 0 Å². The molecule has 4 aliphatic rings. The van der Waals surface area contributed by atoms with Gasteiger partial charge in [0.05, 0.1) is 41.6 Å². The van der Waals surface area contributed by atoms with Gasteiger partial charge in [0, 0.05) is 60.0 Å². The molecular formula is C32H38N2O11. The summed E-state index contributed by atoms with van der Waals surface area (Å²) >= 11 is 0. The van der Waals surface area contributed by atoms with Crippen molar-refractivity contribution in [3.8, 4) is 11.5 Å². The molecule has 0 spiro atoms. The minimum absolute atomic E-state index is 0.00765. The van der Waals surface area contributed by atoms with Gasteiger partial charge in [-0.05, 0) is 20.8 Å². The molecule has 0 saturated carbocycles. The summed E-state index contributed by atoms with van der Waals surface area (Å²) < 4.78 is 24.4. The van der Waals surface area contributed by atoms with Crippen molar-refractivity contribution in [3.05, 3.63) is 57.6 Å². The molecule has 0 bridgehead atoms.